The SMILES string of the molecule is COC(=O)C(C)c1ccc(C(O)c2nccs2)s1. The molecular weight excluding hydrogens is 270 g/mol. The summed E-state index contributed by atoms with van der Waals surface area (Å²) in [4.78, 5) is 17.2. The van der Waals surface area contributed by atoms with Crippen LogP contribution < -0.4 is 0 Å². The zero-order valence-corrected chi connectivity index (χ0v) is 11.6. The second-order valence-electron chi connectivity index (χ2n) is 3.76. The molecule has 0 aromatic carbocycles. The number of aliphatic hydroxyl groups is 1. The fraction of sp³-hybridized carbons (Fsp3) is 0.333. The van der Waals surface area contributed by atoms with E-state index in [0.717, 1.165) is 9.75 Å². The maximum absolute atomic E-state index is 11.4. The van der Waals surface area contributed by atoms with E-state index in [-0.39, 0.29) is 11.9 Å². The van der Waals surface area contributed by atoms with Crippen molar-refractivity contribution >= 4 is 28.6 Å². The molecule has 2 unspecified atom stereocenters. The van der Waals surface area contributed by atoms with Gasteiger partial charge in [-0.15, -0.1) is 22.7 Å². The largest absolute Gasteiger partial charge is 0.469 e. The number of carbonyl (C=O) groups is 1. The van der Waals surface area contributed by atoms with Crippen molar-refractivity contribution in [3.8, 4) is 0 Å². The van der Waals surface area contributed by atoms with Crippen LogP contribution in [0.2, 0.25) is 0 Å². The number of ether oxygens (including phenoxy) is 1. The van der Waals surface area contributed by atoms with E-state index in [4.69, 9.17) is 4.74 Å². The van der Waals surface area contributed by atoms with Gasteiger partial charge in [0.15, 0.2) is 0 Å². The Morgan fingerprint density at radius 1 is 1.44 bits per heavy atom. The first-order valence-electron chi connectivity index (χ1n) is 5.38. The van der Waals surface area contributed by atoms with Gasteiger partial charge >= 0.3 is 5.97 Å². The van der Waals surface area contributed by atoms with Crippen LogP contribution in [-0.2, 0) is 9.53 Å². The summed E-state index contributed by atoms with van der Waals surface area (Å²) >= 11 is 2.82. The molecule has 2 aromatic rings. The summed E-state index contributed by atoms with van der Waals surface area (Å²) in [5.41, 5.74) is 0. The summed E-state index contributed by atoms with van der Waals surface area (Å²) in [7, 11) is 1.37. The lowest BCUT2D eigenvalue weighted by Gasteiger charge is -2.06. The number of methoxy groups -OCH3 is 1. The number of thiazole rings is 1. The summed E-state index contributed by atoms with van der Waals surface area (Å²) in [6.45, 7) is 1.79. The molecule has 0 aliphatic heterocycles. The van der Waals surface area contributed by atoms with Gasteiger partial charge in [-0.2, -0.15) is 0 Å². The van der Waals surface area contributed by atoms with E-state index in [1.54, 1.807) is 13.1 Å². The average molecular weight is 283 g/mol. The van der Waals surface area contributed by atoms with Gasteiger partial charge < -0.3 is 9.84 Å². The molecule has 18 heavy (non-hydrogen) atoms. The Balaban J connectivity index is 2.18. The van der Waals surface area contributed by atoms with Gasteiger partial charge in [0.2, 0.25) is 0 Å². The summed E-state index contributed by atoms with van der Waals surface area (Å²) in [5, 5.41) is 12.6. The summed E-state index contributed by atoms with van der Waals surface area (Å²) in [5.74, 6) is -0.579. The minimum absolute atomic E-state index is 0.271. The third-order valence-electron chi connectivity index (χ3n) is 2.58. The molecule has 0 radical (unpaired) electrons. The van der Waals surface area contributed by atoms with Crippen molar-refractivity contribution in [2.75, 3.05) is 7.11 Å². The van der Waals surface area contributed by atoms with Crippen LogP contribution in [0.4, 0.5) is 0 Å². The number of aliphatic hydroxyl groups excluding tert-OH is 1. The molecule has 2 aromatic heterocycles. The highest BCUT2D eigenvalue weighted by Gasteiger charge is 2.21. The zero-order valence-electron chi connectivity index (χ0n) is 9.99. The Hall–Kier alpha value is -1.24. The number of carbonyl (C=O) groups excluding carboxylic acids is 1. The Kier molecular flexibility index (Phi) is 4.11. The molecule has 2 atom stereocenters. The molecule has 0 bridgehead atoms. The van der Waals surface area contributed by atoms with Gasteiger partial charge in [-0.3, -0.25) is 4.79 Å². The van der Waals surface area contributed by atoms with Gasteiger partial charge in [-0.05, 0) is 19.1 Å². The van der Waals surface area contributed by atoms with E-state index in [2.05, 4.69) is 4.98 Å². The lowest BCUT2D eigenvalue weighted by Crippen LogP contribution is -2.09. The zero-order chi connectivity index (χ0) is 13.1. The molecule has 1 N–H and O–H groups in total. The number of rotatable bonds is 4. The van der Waals surface area contributed by atoms with Crippen molar-refractivity contribution < 1.29 is 14.6 Å². The van der Waals surface area contributed by atoms with Gasteiger partial charge in [0.05, 0.1) is 13.0 Å². The molecule has 0 fully saturated rings. The summed E-state index contributed by atoms with van der Waals surface area (Å²) in [6, 6.07) is 3.67. The first-order chi connectivity index (χ1) is 8.63. The maximum atomic E-state index is 11.4. The van der Waals surface area contributed by atoms with E-state index in [0.29, 0.717) is 5.01 Å². The van der Waals surface area contributed by atoms with Crippen molar-refractivity contribution in [1.29, 1.82) is 0 Å². The highest BCUT2D eigenvalue weighted by molar-refractivity contribution is 7.13. The molecule has 2 heterocycles. The van der Waals surface area contributed by atoms with E-state index in [1.807, 2.05) is 17.5 Å². The van der Waals surface area contributed by atoms with Crippen LogP contribution >= 0.6 is 22.7 Å². The molecule has 6 heteroatoms. The minimum atomic E-state index is -0.714. The van der Waals surface area contributed by atoms with Crippen LogP contribution in [0.25, 0.3) is 0 Å². The molecule has 0 aliphatic carbocycles. The van der Waals surface area contributed by atoms with E-state index in [1.165, 1.54) is 29.8 Å². The average Bonchev–Trinajstić information content (AvgIpc) is 3.06. The molecule has 0 amide bonds. The smallest absolute Gasteiger partial charge is 0.313 e. The third kappa shape index (κ3) is 2.60. The van der Waals surface area contributed by atoms with Crippen molar-refractivity contribution in [3.05, 3.63) is 38.5 Å². The van der Waals surface area contributed by atoms with Crippen molar-refractivity contribution in [2.24, 2.45) is 0 Å². The van der Waals surface area contributed by atoms with Gasteiger partial charge in [0.1, 0.15) is 11.1 Å². The molecule has 0 saturated carbocycles. The van der Waals surface area contributed by atoms with Gasteiger partial charge in [0.25, 0.3) is 0 Å². The Labute approximate surface area is 113 Å². The fourth-order valence-corrected chi connectivity index (χ4v) is 3.29. The van der Waals surface area contributed by atoms with Crippen LogP contribution in [0, 0.1) is 0 Å². The molecule has 0 saturated heterocycles. The quantitative estimate of drug-likeness (QED) is 0.876. The van der Waals surface area contributed by atoms with E-state index >= 15 is 0 Å². The minimum Gasteiger partial charge on any atom is -0.469 e. The standard InChI is InChI=1S/C12H13NO3S2/c1-7(12(15)16-2)8-3-4-9(18-8)10(14)11-13-5-6-17-11/h3-7,10,14H,1-2H3. The number of hydrogen-bond acceptors (Lipinski definition) is 6. The van der Waals surface area contributed by atoms with Crippen LogP contribution in [0.1, 0.15) is 33.7 Å². The molecule has 4 nitrogen and oxygen atoms in total. The molecular formula is C12H13NO3S2. The second kappa shape index (κ2) is 5.60. The predicted octanol–water partition coefficient (Wildman–Crippen LogP) is 2.56. The first kappa shape index (κ1) is 13.2. The Bertz CT molecular complexity index is 521. The van der Waals surface area contributed by atoms with E-state index < -0.39 is 6.10 Å². The highest BCUT2D eigenvalue weighted by atomic mass is 32.1. The highest BCUT2D eigenvalue weighted by Crippen LogP contribution is 2.32. The molecule has 0 spiro atoms. The number of aromatic nitrogens is 1. The number of esters is 1. The van der Waals surface area contributed by atoms with Gasteiger partial charge in [-0.25, -0.2) is 4.98 Å². The van der Waals surface area contributed by atoms with Crippen LogP contribution in [0.5, 0.6) is 0 Å². The maximum Gasteiger partial charge on any atom is 0.313 e. The van der Waals surface area contributed by atoms with E-state index in [9.17, 15) is 9.90 Å². The Morgan fingerprint density at radius 2 is 2.17 bits per heavy atom. The van der Waals surface area contributed by atoms with Crippen LogP contribution in [-0.4, -0.2) is 23.2 Å². The number of hydrogen-bond donors (Lipinski definition) is 1. The van der Waals surface area contributed by atoms with Gasteiger partial charge in [-0.1, -0.05) is 0 Å². The number of nitrogens with zero attached hydrogens (tertiary/aromatic N) is 1. The second-order valence-corrected chi connectivity index (χ2v) is 5.83. The lowest BCUT2D eigenvalue weighted by molar-refractivity contribution is -0.141. The topological polar surface area (TPSA) is 59.4 Å². The molecule has 96 valence electrons. The lowest BCUT2D eigenvalue weighted by atomic mass is 10.1. The first-order valence-corrected chi connectivity index (χ1v) is 7.08. The van der Waals surface area contributed by atoms with Crippen molar-refractivity contribution in [1.82, 2.24) is 4.98 Å². The monoisotopic (exact) mass is 283 g/mol. The van der Waals surface area contributed by atoms with Crippen LogP contribution in [0.3, 0.4) is 0 Å². The van der Waals surface area contributed by atoms with Crippen LogP contribution in [0.15, 0.2) is 23.7 Å². The summed E-state index contributed by atoms with van der Waals surface area (Å²) < 4.78 is 4.70. The third-order valence-corrected chi connectivity index (χ3v) is 4.73. The summed E-state index contributed by atoms with van der Waals surface area (Å²) in [6.07, 6.45) is 0.947. The normalized spacial score (nSPS) is 14.2. The van der Waals surface area contributed by atoms with Crippen molar-refractivity contribution in [3.63, 3.8) is 0 Å². The number of thiophene rings is 1. The molecule has 2 rings (SSSR count). The van der Waals surface area contributed by atoms with Gasteiger partial charge in [0, 0.05) is 21.3 Å². The van der Waals surface area contributed by atoms with Crippen molar-refractivity contribution in [2.45, 2.75) is 18.9 Å². The Morgan fingerprint density at radius 3 is 2.78 bits per heavy atom. The fourth-order valence-electron chi connectivity index (χ4n) is 1.53. The molecule has 0 aliphatic rings. The predicted molar refractivity (Wildman–Crippen MR) is 70.9 cm³/mol.